The van der Waals surface area contributed by atoms with Crippen molar-refractivity contribution in [2.24, 2.45) is 0 Å². The molecular weight excluding hydrogens is 262 g/mol. The molecule has 0 aliphatic rings. The van der Waals surface area contributed by atoms with Crippen molar-refractivity contribution >= 4 is 24.1 Å². The average molecular weight is 291 g/mol. The monoisotopic (exact) mass is 290 g/mol. The van der Waals surface area contributed by atoms with Crippen LogP contribution in [0.4, 0.5) is 0 Å². The normalized spacial score (nSPS) is 7.72. The van der Waals surface area contributed by atoms with Gasteiger partial charge in [0.2, 0.25) is 0 Å². The molecule has 1 N–H and O–H groups in total. The third-order valence-electron chi connectivity index (χ3n) is 1.38. The van der Waals surface area contributed by atoms with Crippen LogP contribution in [0.3, 0.4) is 0 Å². The van der Waals surface area contributed by atoms with Crippen LogP contribution in [-0.2, 0) is 24.0 Å². The topological polar surface area (TPSA) is 40.9 Å². The molecule has 0 aliphatic carbocycles. The van der Waals surface area contributed by atoms with Crippen molar-refractivity contribution in [3.63, 3.8) is 0 Å². The molecule has 2 nitrogen and oxygen atoms in total. The molecule has 1 aromatic rings. The van der Waals surface area contributed by atoms with Gasteiger partial charge in [0.25, 0.3) is 0 Å². The van der Waals surface area contributed by atoms with Gasteiger partial charge in [0.15, 0.2) is 0 Å². The summed E-state index contributed by atoms with van der Waals surface area (Å²) in [5.41, 5.74) is 1.09. The molecule has 0 heterocycles. The van der Waals surface area contributed by atoms with Crippen LogP contribution in [0.5, 0.6) is 0 Å². The van der Waals surface area contributed by atoms with E-state index >= 15 is 0 Å². The van der Waals surface area contributed by atoms with Crippen LogP contribution in [0, 0.1) is 4.78 Å². The summed E-state index contributed by atoms with van der Waals surface area (Å²) in [6.45, 7) is 12.0. The summed E-state index contributed by atoms with van der Waals surface area (Å²) in [7, 11) is -2.13. The number of hydrogen-bond acceptors (Lipinski definition) is 3. The van der Waals surface area contributed by atoms with Crippen molar-refractivity contribution in [2.75, 3.05) is 0 Å². The first-order valence-electron chi connectivity index (χ1n) is 6.38. The molecule has 0 aliphatic heterocycles. The summed E-state index contributed by atoms with van der Waals surface area (Å²) < 4.78 is 17.6. The Morgan fingerprint density at radius 2 is 1.44 bits per heavy atom. The van der Waals surface area contributed by atoms with Crippen LogP contribution < -0.4 is 0 Å². The number of rotatable bonds is 2. The smallest absolute Gasteiger partial charge is 0.0335 e. The lowest BCUT2D eigenvalue weighted by Gasteiger charge is -2.03. The summed E-state index contributed by atoms with van der Waals surface area (Å²) in [4.78, 5) is 0. The Kier molecular flexibility index (Phi) is 23.2. The summed E-state index contributed by atoms with van der Waals surface area (Å²) in [5.74, 6) is 4.31. The van der Waals surface area contributed by atoms with Crippen molar-refractivity contribution in [3.05, 3.63) is 35.9 Å². The van der Waals surface area contributed by atoms with E-state index in [0.29, 0.717) is 5.75 Å². The second-order valence-electron chi connectivity index (χ2n) is 2.30. The van der Waals surface area contributed by atoms with Gasteiger partial charge in [-0.3, -0.25) is 0 Å². The van der Waals surface area contributed by atoms with Gasteiger partial charge in [-0.1, -0.05) is 83.2 Å². The van der Waals surface area contributed by atoms with Gasteiger partial charge in [0.05, 0.1) is 0 Å². The van der Waals surface area contributed by atoms with Crippen molar-refractivity contribution < 1.29 is 4.21 Å². The maximum absolute atomic E-state index is 10.7. The van der Waals surface area contributed by atoms with Gasteiger partial charge in [-0.25, -0.2) is 14.9 Å². The highest BCUT2D eigenvalue weighted by molar-refractivity contribution is 8.32. The molecule has 0 spiro atoms. The maximum atomic E-state index is 10.7. The lowest BCUT2D eigenvalue weighted by Crippen LogP contribution is -1.85. The first-order chi connectivity index (χ1) is 8.70. The van der Waals surface area contributed by atoms with Gasteiger partial charge in [0, 0.05) is 0 Å². The molecule has 108 valence electrons. The summed E-state index contributed by atoms with van der Waals surface area (Å²) >= 11 is 0. The van der Waals surface area contributed by atoms with E-state index in [-0.39, 0.29) is 0 Å². The van der Waals surface area contributed by atoms with E-state index in [9.17, 15) is 4.21 Å². The first-order valence-corrected chi connectivity index (χ1v) is 9.61. The Morgan fingerprint density at radius 3 is 1.78 bits per heavy atom. The minimum atomic E-state index is -1.54. The quantitative estimate of drug-likeness (QED) is 0.620. The molecular formula is C14H28NOS2-. The molecule has 0 amide bonds. The average Bonchev–Trinajstić information content (AvgIpc) is 2.46. The zero-order valence-corrected chi connectivity index (χ0v) is 14.2. The van der Waals surface area contributed by atoms with E-state index < -0.39 is 18.2 Å². The molecule has 0 aromatic heterocycles. The molecule has 0 fully saturated rings. The van der Waals surface area contributed by atoms with E-state index in [1.165, 1.54) is 0 Å². The third kappa shape index (κ3) is 13.3. The predicted octanol–water partition coefficient (Wildman–Crippen LogP) is 4.74. The molecule has 0 saturated carbocycles. The van der Waals surface area contributed by atoms with Gasteiger partial charge >= 0.3 is 0 Å². The van der Waals surface area contributed by atoms with E-state index in [0.717, 1.165) is 5.56 Å². The van der Waals surface area contributed by atoms with Crippen LogP contribution in [0.15, 0.2) is 30.3 Å². The summed E-state index contributed by atoms with van der Waals surface area (Å²) in [6, 6.07) is 9.71. The van der Waals surface area contributed by atoms with Crippen LogP contribution >= 0.6 is 0 Å². The largest absolute Gasteiger partial charge is 0.373 e. The standard InChI is InChI=1S/C8H10NOS2.3C2H6/c1-11(12(9)10)7-8-5-3-2-4-6-8;3*1-2/h2-6,9H,1,7H2;3*1-2H3/q-1;;;. The first kappa shape index (κ1) is 22.4. The third-order valence-corrected chi connectivity index (χ3v) is 4.11. The Hall–Kier alpha value is -0.740. The molecule has 0 radical (unpaired) electrons. The van der Waals surface area contributed by atoms with Gasteiger partial charge < -0.3 is 9.04 Å². The Balaban J connectivity index is -0.000000328. The maximum Gasteiger partial charge on any atom is -0.0335 e. The van der Waals surface area contributed by atoms with Gasteiger partial charge in [-0.15, -0.1) is 0 Å². The molecule has 4 heteroatoms. The number of benzene rings is 1. The number of nitrogens with one attached hydrogen (secondary N) is 1. The lowest BCUT2D eigenvalue weighted by molar-refractivity contribution is 0.696. The van der Waals surface area contributed by atoms with Crippen molar-refractivity contribution in [1.82, 2.24) is 0 Å². The Morgan fingerprint density at radius 1 is 1.06 bits per heavy atom. The molecule has 0 saturated heterocycles. The highest BCUT2D eigenvalue weighted by Crippen LogP contribution is 1.99. The molecule has 1 aromatic carbocycles. The van der Waals surface area contributed by atoms with Crippen LogP contribution in [0.1, 0.15) is 47.1 Å². The minimum absolute atomic E-state index is 0.584. The van der Waals surface area contributed by atoms with Crippen molar-refractivity contribution in [1.29, 1.82) is 4.78 Å². The highest BCUT2D eigenvalue weighted by Gasteiger charge is 1.80. The van der Waals surface area contributed by atoms with Gasteiger partial charge in [0.1, 0.15) is 0 Å². The SMILES string of the molecule is C=[S-](Cc1ccccc1)=S(=N)=O.CC.CC.CC. The fraction of sp³-hybridized carbons (Fsp3) is 0.500. The molecule has 18 heavy (non-hydrogen) atoms. The van der Waals surface area contributed by atoms with E-state index in [1.54, 1.807) is 0 Å². The highest BCUT2D eigenvalue weighted by atomic mass is 32.8. The van der Waals surface area contributed by atoms with E-state index in [1.807, 2.05) is 71.9 Å². The van der Waals surface area contributed by atoms with Crippen LogP contribution in [-0.4, -0.2) is 10.1 Å². The van der Waals surface area contributed by atoms with E-state index in [2.05, 4.69) is 5.87 Å². The fourth-order valence-corrected chi connectivity index (χ4v) is 2.21. The molecule has 1 rings (SSSR count). The van der Waals surface area contributed by atoms with Gasteiger partial charge in [-0.2, -0.15) is 0 Å². The van der Waals surface area contributed by atoms with Crippen LogP contribution in [0.2, 0.25) is 0 Å². The summed E-state index contributed by atoms with van der Waals surface area (Å²) in [6.07, 6.45) is 0. The molecule has 0 atom stereocenters. The van der Waals surface area contributed by atoms with Crippen molar-refractivity contribution in [2.45, 2.75) is 47.3 Å². The minimum Gasteiger partial charge on any atom is -0.373 e. The van der Waals surface area contributed by atoms with Crippen LogP contribution in [0.25, 0.3) is 0 Å². The molecule has 0 bridgehead atoms. The number of hydrogen-bond donors (Lipinski definition) is 1. The second-order valence-corrected chi connectivity index (χ2v) is 6.26. The lowest BCUT2D eigenvalue weighted by atomic mass is 10.2. The van der Waals surface area contributed by atoms with E-state index in [4.69, 9.17) is 4.78 Å². The fourth-order valence-electron chi connectivity index (χ4n) is 0.814. The predicted molar refractivity (Wildman–Crippen MR) is 89.5 cm³/mol. The molecule has 0 unspecified atom stereocenters. The Bertz CT molecular complexity index is 422. The van der Waals surface area contributed by atoms with Gasteiger partial charge in [-0.05, 0) is 9.16 Å². The van der Waals surface area contributed by atoms with Crippen molar-refractivity contribution in [3.8, 4) is 0 Å². The zero-order valence-electron chi connectivity index (χ0n) is 12.5. The zero-order chi connectivity index (χ0) is 15.0. The second kappa shape index (κ2) is 18.6. The Labute approximate surface area is 116 Å². The summed E-state index contributed by atoms with van der Waals surface area (Å²) in [5, 5.41) is 0.